The van der Waals surface area contributed by atoms with Gasteiger partial charge in [0.2, 0.25) is 0 Å². The maximum Gasteiger partial charge on any atom is 0.263 e. The fraction of sp³-hybridized carbons (Fsp3) is 0.462. The first kappa shape index (κ1) is 15.2. The Kier molecular flexibility index (Phi) is 4.96. The second-order valence-corrected chi connectivity index (χ2v) is 5.32. The van der Waals surface area contributed by atoms with E-state index in [1.165, 1.54) is 12.1 Å². The molecule has 1 fully saturated rings. The summed E-state index contributed by atoms with van der Waals surface area (Å²) >= 11 is 11.8. The van der Waals surface area contributed by atoms with Crippen molar-refractivity contribution in [3.8, 4) is 5.75 Å². The van der Waals surface area contributed by atoms with Crippen LogP contribution in [-0.2, 0) is 9.53 Å². The molecule has 1 aliphatic heterocycles. The van der Waals surface area contributed by atoms with E-state index in [0.717, 1.165) is 0 Å². The number of amides is 1. The van der Waals surface area contributed by atoms with Gasteiger partial charge in [-0.05, 0) is 13.0 Å². The molecule has 0 aromatic heterocycles. The molecule has 1 aromatic rings. The van der Waals surface area contributed by atoms with E-state index in [1.54, 1.807) is 11.8 Å². The number of nitrogens with zero attached hydrogens (tertiary/aromatic N) is 1. The average molecular weight is 319 g/mol. The van der Waals surface area contributed by atoms with E-state index >= 15 is 0 Å². The SMILES string of the molecule is CC(Oc1cc(Cl)c(Cl)cc1N)C(=O)N1CCOCC1. The molecule has 1 unspecified atom stereocenters. The third-order valence-corrected chi connectivity index (χ3v) is 3.75. The number of rotatable bonds is 3. The van der Waals surface area contributed by atoms with Gasteiger partial charge in [-0.1, -0.05) is 23.2 Å². The summed E-state index contributed by atoms with van der Waals surface area (Å²) in [5.41, 5.74) is 6.15. The molecule has 0 saturated carbocycles. The van der Waals surface area contributed by atoms with Gasteiger partial charge in [-0.25, -0.2) is 0 Å². The van der Waals surface area contributed by atoms with Gasteiger partial charge in [0.15, 0.2) is 6.10 Å². The molecule has 1 aromatic carbocycles. The highest BCUT2D eigenvalue weighted by atomic mass is 35.5. The minimum absolute atomic E-state index is 0.0984. The van der Waals surface area contributed by atoms with Gasteiger partial charge >= 0.3 is 0 Å². The minimum atomic E-state index is -0.646. The van der Waals surface area contributed by atoms with Crippen molar-refractivity contribution in [2.24, 2.45) is 0 Å². The van der Waals surface area contributed by atoms with Crippen LogP contribution >= 0.6 is 23.2 Å². The molecule has 2 N–H and O–H groups in total. The molecular formula is C13H16Cl2N2O3. The highest BCUT2D eigenvalue weighted by Gasteiger charge is 2.24. The number of carbonyl (C=O) groups excluding carboxylic acids is 1. The summed E-state index contributed by atoms with van der Waals surface area (Å²) in [5, 5.41) is 0.686. The molecule has 7 heteroatoms. The van der Waals surface area contributed by atoms with E-state index < -0.39 is 6.10 Å². The van der Waals surface area contributed by atoms with Crippen molar-refractivity contribution < 1.29 is 14.3 Å². The van der Waals surface area contributed by atoms with Gasteiger partial charge in [0.1, 0.15) is 5.75 Å². The third kappa shape index (κ3) is 3.48. The van der Waals surface area contributed by atoms with Gasteiger partial charge < -0.3 is 20.1 Å². The van der Waals surface area contributed by atoms with Gasteiger partial charge in [-0.3, -0.25) is 4.79 Å². The van der Waals surface area contributed by atoms with Gasteiger partial charge in [-0.2, -0.15) is 0 Å². The van der Waals surface area contributed by atoms with Crippen molar-refractivity contribution in [2.45, 2.75) is 13.0 Å². The zero-order valence-corrected chi connectivity index (χ0v) is 12.6. The van der Waals surface area contributed by atoms with Crippen LogP contribution in [0.5, 0.6) is 5.75 Å². The van der Waals surface area contributed by atoms with E-state index in [9.17, 15) is 4.79 Å². The molecule has 0 bridgehead atoms. The number of ether oxygens (including phenoxy) is 2. The van der Waals surface area contributed by atoms with Crippen LogP contribution in [0, 0.1) is 0 Å². The minimum Gasteiger partial charge on any atom is -0.479 e. The second-order valence-electron chi connectivity index (χ2n) is 4.50. The van der Waals surface area contributed by atoms with E-state index in [1.807, 2.05) is 0 Å². The van der Waals surface area contributed by atoms with Crippen LogP contribution in [0.4, 0.5) is 5.69 Å². The number of carbonyl (C=O) groups is 1. The molecular weight excluding hydrogens is 303 g/mol. The Labute approximate surface area is 127 Å². The van der Waals surface area contributed by atoms with E-state index in [2.05, 4.69) is 0 Å². The molecule has 5 nitrogen and oxygen atoms in total. The lowest BCUT2D eigenvalue weighted by molar-refractivity contribution is -0.142. The predicted molar refractivity (Wildman–Crippen MR) is 78.4 cm³/mol. The summed E-state index contributed by atoms with van der Waals surface area (Å²) in [5.74, 6) is 0.257. The highest BCUT2D eigenvalue weighted by molar-refractivity contribution is 6.42. The summed E-state index contributed by atoms with van der Waals surface area (Å²) in [7, 11) is 0. The number of halogens is 2. The molecule has 1 atom stereocenters. The summed E-state index contributed by atoms with van der Waals surface area (Å²) in [6.45, 7) is 3.92. The molecule has 0 radical (unpaired) electrons. The summed E-state index contributed by atoms with van der Waals surface area (Å²) in [6.07, 6.45) is -0.646. The number of hydrogen-bond acceptors (Lipinski definition) is 4. The molecule has 20 heavy (non-hydrogen) atoms. The van der Waals surface area contributed by atoms with E-state index in [0.29, 0.717) is 47.8 Å². The topological polar surface area (TPSA) is 64.8 Å². The number of hydrogen-bond donors (Lipinski definition) is 1. The van der Waals surface area contributed by atoms with Gasteiger partial charge in [0, 0.05) is 19.2 Å². The fourth-order valence-electron chi connectivity index (χ4n) is 1.93. The van der Waals surface area contributed by atoms with Crippen molar-refractivity contribution in [1.82, 2.24) is 4.90 Å². The predicted octanol–water partition coefficient (Wildman–Crippen LogP) is 2.20. The first-order valence-corrected chi connectivity index (χ1v) is 7.02. The molecule has 2 rings (SSSR count). The molecule has 1 amide bonds. The van der Waals surface area contributed by atoms with Crippen LogP contribution in [0.15, 0.2) is 12.1 Å². The summed E-state index contributed by atoms with van der Waals surface area (Å²) in [6, 6.07) is 3.02. The lowest BCUT2D eigenvalue weighted by Crippen LogP contribution is -2.46. The lowest BCUT2D eigenvalue weighted by atomic mass is 10.2. The summed E-state index contributed by atoms with van der Waals surface area (Å²) < 4.78 is 10.8. The Morgan fingerprint density at radius 3 is 2.60 bits per heavy atom. The van der Waals surface area contributed by atoms with Crippen LogP contribution in [-0.4, -0.2) is 43.2 Å². The Morgan fingerprint density at radius 2 is 1.95 bits per heavy atom. The third-order valence-electron chi connectivity index (χ3n) is 3.03. The molecule has 1 aliphatic rings. The van der Waals surface area contributed by atoms with Crippen molar-refractivity contribution in [3.63, 3.8) is 0 Å². The average Bonchev–Trinajstić information content (AvgIpc) is 2.44. The normalized spacial score (nSPS) is 16.9. The first-order valence-electron chi connectivity index (χ1n) is 6.26. The van der Waals surface area contributed by atoms with Crippen molar-refractivity contribution in [3.05, 3.63) is 22.2 Å². The molecule has 110 valence electrons. The Hall–Kier alpha value is -1.17. The van der Waals surface area contributed by atoms with Crippen molar-refractivity contribution in [1.29, 1.82) is 0 Å². The van der Waals surface area contributed by atoms with Crippen LogP contribution in [0.1, 0.15) is 6.92 Å². The maximum atomic E-state index is 12.2. The monoisotopic (exact) mass is 318 g/mol. The number of nitrogen functional groups attached to an aromatic ring is 1. The van der Waals surface area contributed by atoms with Crippen molar-refractivity contribution in [2.75, 3.05) is 32.0 Å². The van der Waals surface area contributed by atoms with Gasteiger partial charge in [0.05, 0.1) is 28.9 Å². The Bertz CT molecular complexity index is 505. The fourth-order valence-corrected chi connectivity index (χ4v) is 2.25. The molecule has 1 saturated heterocycles. The zero-order valence-electron chi connectivity index (χ0n) is 11.1. The van der Waals surface area contributed by atoms with Gasteiger partial charge in [0.25, 0.3) is 5.91 Å². The van der Waals surface area contributed by atoms with Crippen LogP contribution in [0.25, 0.3) is 0 Å². The van der Waals surface area contributed by atoms with Crippen molar-refractivity contribution >= 4 is 34.8 Å². The molecule has 0 spiro atoms. The molecule has 1 heterocycles. The Morgan fingerprint density at radius 1 is 1.35 bits per heavy atom. The second kappa shape index (κ2) is 6.52. The number of anilines is 1. The number of morpholine rings is 1. The zero-order chi connectivity index (χ0) is 14.7. The highest BCUT2D eigenvalue weighted by Crippen LogP contribution is 2.33. The molecule has 0 aliphatic carbocycles. The Balaban J connectivity index is 2.05. The maximum absolute atomic E-state index is 12.2. The first-order chi connectivity index (χ1) is 9.49. The largest absolute Gasteiger partial charge is 0.479 e. The van der Waals surface area contributed by atoms with Crippen LogP contribution in [0.3, 0.4) is 0 Å². The smallest absolute Gasteiger partial charge is 0.263 e. The summed E-state index contributed by atoms with van der Waals surface area (Å²) in [4.78, 5) is 13.9. The quantitative estimate of drug-likeness (QED) is 0.868. The number of benzene rings is 1. The lowest BCUT2D eigenvalue weighted by Gasteiger charge is -2.29. The standard InChI is InChI=1S/C13H16Cl2N2O3/c1-8(13(18)17-2-4-19-5-3-17)20-12-7-10(15)9(14)6-11(12)16/h6-8H,2-5,16H2,1H3. The number of nitrogens with two attached hydrogens (primary N) is 1. The van der Waals surface area contributed by atoms with Gasteiger partial charge in [-0.15, -0.1) is 0 Å². The van der Waals surface area contributed by atoms with Crippen LogP contribution < -0.4 is 10.5 Å². The van der Waals surface area contributed by atoms with E-state index in [-0.39, 0.29) is 5.91 Å². The van der Waals surface area contributed by atoms with Crippen LogP contribution in [0.2, 0.25) is 10.0 Å². The van der Waals surface area contributed by atoms with E-state index in [4.69, 9.17) is 38.4 Å².